The lowest BCUT2D eigenvalue weighted by molar-refractivity contribution is 0.410. The molecule has 7 heteroatoms. The SMILES string of the molecule is Cc1n[nH]c2ccc(-c3cnc4ccc(N[C@H]5CC[C@H](N)CC5)nn34)cc12. The molecule has 0 radical (unpaired) electrons. The van der Waals surface area contributed by atoms with E-state index in [-0.39, 0.29) is 0 Å². The summed E-state index contributed by atoms with van der Waals surface area (Å²) >= 11 is 0. The van der Waals surface area contributed by atoms with Gasteiger partial charge in [-0.05, 0) is 56.9 Å². The van der Waals surface area contributed by atoms with Gasteiger partial charge in [0.05, 0.1) is 23.1 Å². The molecule has 1 saturated carbocycles. The number of nitrogens with two attached hydrogens (primary N) is 1. The highest BCUT2D eigenvalue weighted by molar-refractivity contribution is 5.86. The molecular formula is C20H23N7. The number of anilines is 1. The molecule has 0 bridgehead atoms. The van der Waals surface area contributed by atoms with E-state index in [1.165, 1.54) is 0 Å². The average molecular weight is 361 g/mol. The Morgan fingerprint density at radius 2 is 2.00 bits per heavy atom. The van der Waals surface area contributed by atoms with Gasteiger partial charge in [0.15, 0.2) is 5.65 Å². The molecular weight excluding hydrogens is 338 g/mol. The molecule has 1 fully saturated rings. The largest absolute Gasteiger partial charge is 0.366 e. The number of imidazole rings is 1. The summed E-state index contributed by atoms with van der Waals surface area (Å²) in [5.74, 6) is 0.878. The van der Waals surface area contributed by atoms with Crippen molar-refractivity contribution >= 4 is 22.4 Å². The summed E-state index contributed by atoms with van der Waals surface area (Å²) in [5, 5.41) is 16.8. The maximum absolute atomic E-state index is 6.01. The van der Waals surface area contributed by atoms with Crippen LogP contribution in [0.15, 0.2) is 36.5 Å². The maximum atomic E-state index is 6.01. The van der Waals surface area contributed by atoms with Crippen molar-refractivity contribution in [2.45, 2.75) is 44.7 Å². The lowest BCUT2D eigenvalue weighted by atomic mass is 9.92. The molecule has 3 aromatic heterocycles. The van der Waals surface area contributed by atoms with E-state index in [1.54, 1.807) is 0 Å². The summed E-state index contributed by atoms with van der Waals surface area (Å²) < 4.78 is 1.91. The van der Waals surface area contributed by atoms with E-state index in [9.17, 15) is 0 Å². The molecule has 1 aromatic carbocycles. The minimum Gasteiger partial charge on any atom is -0.366 e. The van der Waals surface area contributed by atoms with Crippen LogP contribution >= 0.6 is 0 Å². The van der Waals surface area contributed by atoms with Crippen LogP contribution < -0.4 is 11.1 Å². The molecule has 0 amide bonds. The van der Waals surface area contributed by atoms with E-state index in [4.69, 9.17) is 10.8 Å². The molecule has 0 spiro atoms. The summed E-state index contributed by atoms with van der Waals surface area (Å²) in [6.07, 6.45) is 6.20. The van der Waals surface area contributed by atoms with Crippen molar-refractivity contribution in [2.75, 3.05) is 5.32 Å². The zero-order chi connectivity index (χ0) is 18.4. The van der Waals surface area contributed by atoms with Gasteiger partial charge in [-0.25, -0.2) is 9.50 Å². The zero-order valence-electron chi connectivity index (χ0n) is 15.3. The lowest BCUT2D eigenvalue weighted by Crippen LogP contribution is -2.33. The number of aromatic amines is 1. The van der Waals surface area contributed by atoms with Gasteiger partial charge in [0.25, 0.3) is 0 Å². The Bertz CT molecular complexity index is 1100. The van der Waals surface area contributed by atoms with Crippen molar-refractivity contribution in [3.8, 4) is 11.3 Å². The minimum atomic E-state index is 0.347. The normalized spacial score (nSPS) is 20.4. The maximum Gasteiger partial charge on any atom is 0.154 e. The number of H-pyrrole nitrogens is 1. The molecule has 1 aliphatic carbocycles. The van der Waals surface area contributed by atoms with Crippen LogP contribution in [0.25, 0.3) is 27.8 Å². The van der Waals surface area contributed by atoms with E-state index in [0.717, 1.165) is 65.0 Å². The van der Waals surface area contributed by atoms with Gasteiger partial charge in [0.2, 0.25) is 0 Å². The van der Waals surface area contributed by atoms with Gasteiger partial charge < -0.3 is 11.1 Å². The molecule has 0 aliphatic heterocycles. The van der Waals surface area contributed by atoms with Gasteiger partial charge in [0, 0.05) is 23.0 Å². The summed E-state index contributed by atoms with van der Waals surface area (Å²) in [5.41, 5.74) is 10.9. The Balaban J connectivity index is 1.50. The fraction of sp³-hybridized carbons (Fsp3) is 0.350. The van der Waals surface area contributed by atoms with Crippen LogP contribution in [-0.4, -0.2) is 36.9 Å². The van der Waals surface area contributed by atoms with Gasteiger partial charge in [-0.15, -0.1) is 5.10 Å². The van der Waals surface area contributed by atoms with Crippen molar-refractivity contribution in [3.63, 3.8) is 0 Å². The second-order valence-corrected chi connectivity index (χ2v) is 7.46. The highest BCUT2D eigenvalue weighted by Gasteiger charge is 2.19. The fourth-order valence-electron chi connectivity index (χ4n) is 3.92. The molecule has 3 heterocycles. The van der Waals surface area contributed by atoms with E-state index in [1.807, 2.05) is 29.8 Å². The van der Waals surface area contributed by atoms with Crippen LogP contribution in [0, 0.1) is 6.92 Å². The smallest absolute Gasteiger partial charge is 0.154 e. The molecule has 4 aromatic rings. The summed E-state index contributed by atoms with van der Waals surface area (Å²) in [4.78, 5) is 4.52. The van der Waals surface area contributed by atoms with Gasteiger partial charge in [-0.2, -0.15) is 5.10 Å². The number of hydrogen-bond acceptors (Lipinski definition) is 5. The topological polar surface area (TPSA) is 96.9 Å². The van der Waals surface area contributed by atoms with E-state index >= 15 is 0 Å². The van der Waals surface area contributed by atoms with Crippen LogP contribution in [0.1, 0.15) is 31.4 Å². The number of hydrogen-bond donors (Lipinski definition) is 3. The van der Waals surface area contributed by atoms with Crippen molar-refractivity contribution < 1.29 is 0 Å². The third-order valence-electron chi connectivity index (χ3n) is 5.54. The predicted molar refractivity (Wildman–Crippen MR) is 107 cm³/mol. The number of aromatic nitrogens is 5. The molecule has 1 aliphatic rings. The van der Waals surface area contributed by atoms with Crippen LogP contribution in [0.4, 0.5) is 5.82 Å². The zero-order valence-corrected chi connectivity index (χ0v) is 15.3. The standard InChI is InChI=1S/C20H23N7/c1-12-16-10-13(2-7-17(16)25-24-12)18-11-22-20-9-8-19(26-27(18)20)23-15-5-3-14(21)4-6-15/h2,7-11,14-15H,3-6,21H2,1H3,(H,23,26)(H,24,25)/t14-,15-. The van der Waals surface area contributed by atoms with E-state index in [2.05, 4.69) is 38.7 Å². The van der Waals surface area contributed by atoms with Crippen molar-refractivity contribution in [1.29, 1.82) is 0 Å². The average Bonchev–Trinajstić information content (AvgIpc) is 3.27. The van der Waals surface area contributed by atoms with Gasteiger partial charge in [-0.1, -0.05) is 6.07 Å². The second-order valence-electron chi connectivity index (χ2n) is 7.46. The second kappa shape index (κ2) is 6.35. The molecule has 0 atom stereocenters. The number of nitrogens with zero attached hydrogens (tertiary/aromatic N) is 4. The first-order chi connectivity index (χ1) is 13.2. The molecule has 27 heavy (non-hydrogen) atoms. The van der Waals surface area contributed by atoms with Crippen LogP contribution in [-0.2, 0) is 0 Å². The third kappa shape index (κ3) is 2.94. The number of aryl methyl sites for hydroxylation is 1. The Kier molecular flexibility index (Phi) is 3.82. The van der Waals surface area contributed by atoms with Crippen LogP contribution in [0.2, 0.25) is 0 Å². The van der Waals surface area contributed by atoms with E-state index < -0.39 is 0 Å². The first-order valence-corrected chi connectivity index (χ1v) is 9.49. The van der Waals surface area contributed by atoms with Gasteiger partial charge in [-0.3, -0.25) is 5.10 Å². The molecule has 7 nitrogen and oxygen atoms in total. The number of nitrogens with one attached hydrogen (secondary N) is 2. The highest BCUT2D eigenvalue weighted by Crippen LogP contribution is 2.26. The number of rotatable bonds is 3. The van der Waals surface area contributed by atoms with Crippen molar-refractivity contribution in [1.82, 2.24) is 24.8 Å². The molecule has 0 unspecified atom stereocenters. The summed E-state index contributed by atoms with van der Waals surface area (Å²) in [7, 11) is 0. The van der Waals surface area contributed by atoms with Crippen LogP contribution in [0.5, 0.6) is 0 Å². The summed E-state index contributed by atoms with van der Waals surface area (Å²) in [6, 6.07) is 11.1. The predicted octanol–water partition coefficient (Wildman–Crippen LogP) is 3.26. The molecule has 5 rings (SSSR count). The number of fused-ring (bicyclic) bond motifs is 2. The fourth-order valence-corrected chi connectivity index (χ4v) is 3.92. The highest BCUT2D eigenvalue weighted by atomic mass is 15.3. The Labute approximate surface area is 157 Å². The lowest BCUT2D eigenvalue weighted by Gasteiger charge is -2.27. The van der Waals surface area contributed by atoms with Crippen LogP contribution in [0.3, 0.4) is 0 Å². The molecule has 0 saturated heterocycles. The van der Waals surface area contributed by atoms with Crippen molar-refractivity contribution in [2.24, 2.45) is 5.73 Å². The minimum absolute atomic E-state index is 0.347. The van der Waals surface area contributed by atoms with Gasteiger partial charge in [0.1, 0.15) is 5.82 Å². The third-order valence-corrected chi connectivity index (χ3v) is 5.54. The Morgan fingerprint density at radius 3 is 2.85 bits per heavy atom. The molecule has 138 valence electrons. The van der Waals surface area contributed by atoms with E-state index in [0.29, 0.717) is 12.1 Å². The molecule has 4 N–H and O–H groups in total. The quantitative estimate of drug-likeness (QED) is 0.520. The number of benzene rings is 1. The monoisotopic (exact) mass is 361 g/mol. The first kappa shape index (κ1) is 16.3. The Hall–Kier alpha value is -2.93. The first-order valence-electron chi connectivity index (χ1n) is 9.49. The summed E-state index contributed by atoms with van der Waals surface area (Å²) in [6.45, 7) is 2.01. The van der Waals surface area contributed by atoms with Crippen molar-refractivity contribution in [3.05, 3.63) is 42.2 Å². The Morgan fingerprint density at radius 1 is 1.15 bits per heavy atom. The van der Waals surface area contributed by atoms with Gasteiger partial charge >= 0.3 is 0 Å².